The zero-order valence-corrected chi connectivity index (χ0v) is 15.5. The number of hydrogen-bond donors (Lipinski definition) is 3. The van der Waals surface area contributed by atoms with Crippen LogP contribution in [0.5, 0.6) is 0 Å². The number of ether oxygens (including phenoxy) is 2. The summed E-state index contributed by atoms with van der Waals surface area (Å²) in [7, 11) is 0. The van der Waals surface area contributed by atoms with Crippen LogP contribution in [0.15, 0.2) is 18.2 Å². The lowest BCUT2D eigenvalue weighted by Crippen LogP contribution is -2.26. The number of hydrogen-bond acceptors (Lipinski definition) is 6. The third-order valence-corrected chi connectivity index (χ3v) is 3.33. The van der Waals surface area contributed by atoms with Gasteiger partial charge in [0, 0.05) is 12.3 Å². The van der Waals surface area contributed by atoms with E-state index in [-0.39, 0.29) is 12.5 Å². The summed E-state index contributed by atoms with van der Waals surface area (Å²) < 4.78 is 9.51. The number of carbonyl (C=O) groups excluding carboxylic acids is 1. The van der Waals surface area contributed by atoms with Crippen molar-refractivity contribution in [1.82, 2.24) is 0 Å². The van der Waals surface area contributed by atoms with Crippen LogP contribution in [0.3, 0.4) is 0 Å². The lowest BCUT2D eigenvalue weighted by atomic mass is 10.1. The van der Waals surface area contributed by atoms with Gasteiger partial charge < -0.3 is 25.6 Å². The maximum atomic E-state index is 10.8. The molecule has 0 saturated carbocycles. The van der Waals surface area contributed by atoms with E-state index in [1.165, 1.54) is 0 Å². The fourth-order valence-corrected chi connectivity index (χ4v) is 1.93. The van der Waals surface area contributed by atoms with Gasteiger partial charge in [-0.15, -0.1) is 0 Å². The van der Waals surface area contributed by atoms with Crippen LogP contribution in [0.4, 0.5) is 5.69 Å². The van der Waals surface area contributed by atoms with E-state index >= 15 is 0 Å². The Balaban J connectivity index is 0.000000504. The lowest BCUT2D eigenvalue weighted by molar-refractivity contribution is -0.143. The van der Waals surface area contributed by atoms with Crippen LogP contribution in [-0.4, -0.2) is 49.5 Å². The predicted octanol–water partition coefficient (Wildman–Crippen LogP) is 1.97. The first-order chi connectivity index (χ1) is 11.9. The van der Waals surface area contributed by atoms with E-state index in [2.05, 4.69) is 17.0 Å². The topological polar surface area (TPSA) is 111 Å². The highest BCUT2D eigenvalue weighted by Crippen LogP contribution is 2.21. The van der Waals surface area contributed by atoms with Crippen molar-refractivity contribution in [2.75, 3.05) is 31.7 Å². The Hall–Kier alpha value is -2.12. The maximum Gasteiger partial charge on any atom is 0.325 e. The molecule has 0 amide bonds. The molecule has 1 aromatic rings. The number of carboxylic acid groups (broad SMARTS) is 1. The van der Waals surface area contributed by atoms with Crippen LogP contribution < -0.4 is 11.1 Å². The molecule has 0 aliphatic rings. The number of benzene rings is 1. The molecule has 7 heteroatoms. The van der Waals surface area contributed by atoms with Crippen molar-refractivity contribution in [3.63, 3.8) is 0 Å². The number of nitrogens with one attached hydrogen (secondary N) is 1. The molecule has 142 valence electrons. The highest BCUT2D eigenvalue weighted by atomic mass is 16.6. The predicted molar refractivity (Wildman–Crippen MR) is 97.8 cm³/mol. The highest BCUT2D eigenvalue weighted by molar-refractivity contribution is 5.77. The molecule has 0 heterocycles. The normalized spacial score (nSPS) is 11.1. The van der Waals surface area contributed by atoms with E-state index in [0.717, 1.165) is 23.2 Å². The number of nitrogens with two attached hydrogens (primary N) is 1. The van der Waals surface area contributed by atoms with E-state index < -0.39 is 12.0 Å². The minimum absolute atomic E-state index is 0.0634. The van der Waals surface area contributed by atoms with Crippen molar-refractivity contribution >= 4 is 17.6 Å². The summed E-state index contributed by atoms with van der Waals surface area (Å²) >= 11 is 0. The minimum atomic E-state index is -0.833. The molecule has 4 N–H and O–H groups in total. The molecule has 7 nitrogen and oxygen atoms in total. The Morgan fingerprint density at radius 2 is 1.96 bits per heavy atom. The van der Waals surface area contributed by atoms with Gasteiger partial charge in [0.15, 0.2) is 0 Å². The average Bonchev–Trinajstić information content (AvgIpc) is 2.60. The molecule has 0 fully saturated rings. The number of para-hydroxylation sites is 1. The second kappa shape index (κ2) is 13.2. The summed E-state index contributed by atoms with van der Waals surface area (Å²) in [5.74, 6) is -1.22. The fraction of sp³-hybridized carbons (Fsp3) is 0.556. The number of carboxylic acids is 1. The summed E-state index contributed by atoms with van der Waals surface area (Å²) in [4.78, 5) is 21.1. The van der Waals surface area contributed by atoms with Gasteiger partial charge in [-0.3, -0.25) is 9.59 Å². The molecule has 0 bridgehead atoms. The van der Waals surface area contributed by atoms with Crippen molar-refractivity contribution in [3.8, 4) is 0 Å². The molecule has 0 aliphatic heterocycles. The summed E-state index contributed by atoms with van der Waals surface area (Å²) in [6.07, 6.45) is 0.899. The van der Waals surface area contributed by atoms with Gasteiger partial charge in [-0.2, -0.15) is 0 Å². The molecule has 25 heavy (non-hydrogen) atoms. The number of carbonyl (C=O) groups is 2. The zero-order chi connectivity index (χ0) is 19.2. The SMILES string of the molecule is CCOCCOC(=O)CN.CCc1cccc(C)c1N[C@@H](C)C(=O)O. The van der Waals surface area contributed by atoms with E-state index in [1.807, 2.05) is 32.0 Å². The Morgan fingerprint density at radius 3 is 2.48 bits per heavy atom. The summed E-state index contributed by atoms with van der Waals surface area (Å²) in [6.45, 7) is 8.89. The number of anilines is 1. The molecule has 0 aromatic heterocycles. The third-order valence-electron chi connectivity index (χ3n) is 3.33. The molecule has 0 aliphatic carbocycles. The van der Waals surface area contributed by atoms with Crippen molar-refractivity contribution in [3.05, 3.63) is 29.3 Å². The van der Waals surface area contributed by atoms with Crippen LogP contribution in [0.1, 0.15) is 31.9 Å². The average molecular weight is 354 g/mol. The number of aryl methyl sites for hydroxylation is 2. The third kappa shape index (κ3) is 9.69. The van der Waals surface area contributed by atoms with Crippen LogP contribution in [-0.2, 0) is 25.5 Å². The first-order valence-electron chi connectivity index (χ1n) is 8.38. The van der Waals surface area contributed by atoms with Gasteiger partial charge in [0.05, 0.1) is 13.2 Å². The Morgan fingerprint density at radius 1 is 1.28 bits per heavy atom. The van der Waals surface area contributed by atoms with E-state index in [9.17, 15) is 9.59 Å². The summed E-state index contributed by atoms with van der Waals surface area (Å²) in [5, 5.41) is 11.9. The molecule has 1 aromatic carbocycles. The Bertz CT molecular complexity index is 534. The van der Waals surface area contributed by atoms with Gasteiger partial charge in [0.1, 0.15) is 12.6 Å². The van der Waals surface area contributed by atoms with Gasteiger partial charge in [-0.1, -0.05) is 25.1 Å². The Kier molecular flexibility index (Phi) is 12.1. The molecular formula is C18H30N2O5. The minimum Gasteiger partial charge on any atom is -0.480 e. The first-order valence-corrected chi connectivity index (χ1v) is 8.38. The molecular weight excluding hydrogens is 324 g/mol. The number of rotatable bonds is 9. The summed E-state index contributed by atoms with van der Waals surface area (Å²) in [6, 6.07) is 5.43. The number of aliphatic carboxylic acids is 1. The molecule has 0 saturated heterocycles. The van der Waals surface area contributed by atoms with E-state index in [4.69, 9.17) is 15.6 Å². The smallest absolute Gasteiger partial charge is 0.325 e. The van der Waals surface area contributed by atoms with Crippen LogP contribution in [0, 0.1) is 6.92 Å². The van der Waals surface area contributed by atoms with Crippen LogP contribution in [0.2, 0.25) is 0 Å². The van der Waals surface area contributed by atoms with Crippen molar-refractivity contribution < 1.29 is 24.2 Å². The highest BCUT2D eigenvalue weighted by Gasteiger charge is 2.13. The monoisotopic (exact) mass is 354 g/mol. The van der Waals surface area contributed by atoms with Crippen LogP contribution in [0.25, 0.3) is 0 Å². The molecule has 1 atom stereocenters. The quantitative estimate of drug-likeness (QED) is 0.459. The molecule has 0 radical (unpaired) electrons. The first kappa shape index (κ1) is 22.9. The Labute approximate surface area is 149 Å². The molecule has 0 spiro atoms. The van der Waals surface area contributed by atoms with Crippen LogP contribution >= 0.6 is 0 Å². The zero-order valence-electron chi connectivity index (χ0n) is 15.5. The van der Waals surface area contributed by atoms with Gasteiger partial charge in [-0.25, -0.2) is 0 Å². The van der Waals surface area contributed by atoms with Gasteiger partial charge in [0.25, 0.3) is 0 Å². The van der Waals surface area contributed by atoms with Crippen molar-refractivity contribution in [1.29, 1.82) is 0 Å². The summed E-state index contributed by atoms with van der Waals surface area (Å²) in [5.41, 5.74) is 8.17. The van der Waals surface area contributed by atoms with E-state index in [0.29, 0.717) is 19.8 Å². The standard InChI is InChI=1S/C12H17NO2.C6H13NO3/c1-4-10-7-5-6-8(2)11(10)13-9(3)12(14)15;1-2-9-3-4-10-6(8)5-7/h5-7,9,13H,4H2,1-3H3,(H,14,15);2-5,7H2,1H3/t9-;/m0./s1. The van der Waals surface area contributed by atoms with E-state index in [1.54, 1.807) is 6.92 Å². The number of esters is 1. The van der Waals surface area contributed by atoms with Gasteiger partial charge >= 0.3 is 11.9 Å². The maximum absolute atomic E-state index is 10.8. The van der Waals surface area contributed by atoms with Gasteiger partial charge in [-0.05, 0) is 38.3 Å². The fourth-order valence-electron chi connectivity index (χ4n) is 1.93. The largest absolute Gasteiger partial charge is 0.480 e. The lowest BCUT2D eigenvalue weighted by Gasteiger charge is -2.16. The van der Waals surface area contributed by atoms with Crippen molar-refractivity contribution in [2.24, 2.45) is 5.73 Å². The second-order valence-corrected chi connectivity index (χ2v) is 5.29. The van der Waals surface area contributed by atoms with Gasteiger partial charge in [0.2, 0.25) is 0 Å². The van der Waals surface area contributed by atoms with Crippen molar-refractivity contribution in [2.45, 2.75) is 40.2 Å². The second-order valence-electron chi connectivity index (χ2n) is 5.29. The molecule has 1 rings (SSSR count). The molecule has 0 unspecified atom stereocenters.